The van der Waals surface area contributed by atoms with Crippen LogP contribution in [0.25, 0.3) is 0 Å². The highest BCUT2D eigenvalue weighted by Gasteiger charge is 2.06. The first-order valence-corrected chi connectivity index (χ1v) is 5.95. The summed E-state index contributed by atoms with van der Waals surface area (Å²) in [6.07, 6.45) is 3.76. The fraction of sp³-hybridized carbons (Fsp3) is 1.00. The van der Waals surface area contributed by atoms with Gasteiger partial charge in [0.1, 0.15) is 9.84 Å². The van der Waals surface area contributed by atoms with E-state index in [-0.39, 0.29) is 11.8 Å². The van der Waals surface area contributed by atoms with Crippen LogP contribution in [-0.4, -0.2) is 26.5 Å². The van der Waals surface area contributed by atoms with Gasteiger partial charge in [-0.3, -0.25) is 0 Å². The number of hydrogen-bond donors (Lipinski definition) is 1. The summed E-state index contributed by atoms with van der Waals surface area (Å²) in [5, 5.41) is 0. The van der Waals surface area contributed by atoms with Gasteiger partial charge in [0.05, 0.1) is 5.75 Å². The van der Waals surface area contributed by atoms with Crippen LogP contribution in [0.15, 0.2) is 0 Å². The lowest BCUT2D eigenvalue weighted by molar-refractivity contribution is 0.566. The molecule has 0 aliphatic carbocycles. The zero-order valence-corrected chi connectivity index (χ0v) is 8.02. The van der Waals surface area contributed by atoms with E-state index >= 15 is 0 Å². The number of sulfone groups is 1. The van der Waals surface area contributed by atoms with Crippen LogP contribution in [0.1, 0.15) is 26.2 Å². The maximum absolute atomic E-state index is 10.7. The van der Waals surface area contributed by atoms with E-state index in [1.165, 1.54) is 6.26 Å². The van der Waals surface area contributed by atoms with Crippen molar-refractivity contribution >= 4 is 9.84 Å². The molecule has 0 bridgehead atoms. The molecule has 0 rings (SSSR count). The second-order valence-corrected chi connectivity index (χ2v) is 5.23. The van der Waals surface area contributed by atoms with Crippen LogP contribution in [0.5, 0.6) is 0 Å². The van der Waals surface area contributed by atoms with Crippen LogP contribution < -0.4 is 5.73 Å². The lowest BCUT2D eigenvalue weighted by Crippen LogP contribution is -2.23. The molecule has 0 fully saturated rings. The van der Waals surface area contributed by atoms with Gasteiger partial charge in [-0.2, -0.15) is 0 Å². The minimum atomic E-state index is -2.82. The third kappa shape index (κ3) is 7.81. The van der Waals surface area contributed by atoms with E-state index < -0.39 is 9.84 Å². The third-order valence-corrected chi connectivity index (χ3v) is 2.50. The van der Waals surface area contributed by atoms with Crippen LogP contribution in [0.3, 0.4) is 0 Å². The van der Waals surface area contributed by atoms with E-state index in [0.717, 1.165) is 12.8 Å². The average molecular weight is 179 g/mol. The van der Waals surface area contributed by atoms with Crippen molar-refractivity contribution in [2.24, 2.45) is 5.73 Å². The summed E-state index contributed by atoms with van der Waals surface area (Å²) in [6, 6.07) is 0.0507. The zero-order chi connectivity index (χ0) is 8.91. The topological polar surface area (TPSA) is 60.2 Å². The summed E-state index contributed by atoms with van der Waals surface area (Å²) < 4.78 is 21.4. The Labute approximate surface area is 68.9 Å². The van der Waals surface area contributed by atoms with Crippen molar-refractivity contribution in [3.05, 3.63) is 0 Å². The van der Waals surface area contributed by atoms with Crippen molar-refractivity contribution in [1.29, 1.82) is 0 Å². The number of rotatable bonds is 5. The van der Waals surface area contributed by atoms with E-state index in [1.807, 2.05) is 6.92 Å². The molecule has 0 aliphatic heterocycles. The fourth-order valence-electron chi connectivity index (χ4n) is 0.881. The minimum absolute atomic E-state index is 0.0507. The molecule has 4 heteroatoms. The molecule has 0 aromatic carbocycles. The van der Waals surface area contributed by atoms with Crippen molar-refractivity contribution < 1.29 is 8.42 Å². The molecular weight excluding hydrogens is 162 g/mol. The highest BCUT2D eigenvalue weighted by molar-refractivity contribution is 7.90. The Kier molecular flexibility index (Phi) is 4.68. The lowest BCUT2D eigenvalue weighted by Gasteiger charge is -2.07. The van der Waals surface area contributed by atoms with E-state index in [0.29, 0.717) is 6.42 Å². The zero-order valence-electron chi connectivity index (χ0n) is 7.21. The first kappa shape index (κ1) is 10.9. The highest BCUT2D eigenvalue weighted by atomic mass is 32.2. The SMILES string of the molecule is CCC[C@H](N)CCS(C)(=O)=O. The lowest BCUT2D eigenvalue weighted by atomic mass is 10.1. The molecule has 1 atom stereocenters. The van der Waals surface area contributed by atoms with Gasteiger partial charge in [-0.15, -0.1) is 0 Å². The van der Waals surface area contributed by atoms with Crippen molar-refractivity contribution in [1.82, 2.24) is 0 Å². The van der Waals surface area contributed by atoms with Crippen LogP contribution in [0, 0.1) is 0 Å². The van der Waals surface area contributed by atoms with E-state index in [2.05, 4.69) is 0 Å². The van der Waals surface area contributed by atoms with Crippen LogP contribution in [0.4, 0.5) is 0 Å². The maximum atomic E-state index is 10.7. The highest BCUT2D eigenvalue weighted by Crippen LogP contribution is 2.00. The average Bonchev–Trinajstić information content (AvgIpc) is 1.83. The predicted octanol–water partition coefficient (Wildman–Crippen LogP) is 0.549. The summed E-state index contributed by atoms with van der Waals surface area (Å²) in [7, 11) is -2.82. The Morgan fingerprint density at radius 3 is 2.27 bits per heavy atom. The smallest absolute Gasteiger partial charge is 0.147 e. The third-order valence-electron chi connectivity index (χ3n) is 1.52. The van der Waals surface area contributed by atoms with E-state index in [1.54, 1.807) is 0 Å². The standard InChI is InChI=1S/C7H17NO2S/c1-3-4-7(8)5-6-11(2,9)10/h7H,3-6,8H2,1-2H3/t7-/m0/s1. The summed E-state index contributed by atoms with van der Waals surface area (Å²) in [6.45, 7) is 2.04. The summed E-state index contributed by atoms with van der Waals surface area (Å²) >= 11 is 0. The van der Waals surface area contributed by atoms with Gasteiger partial charge >= 0.3 is 0 Å². The predicted molar refractivity (Wildman–Crippen MR) is 47.2 cm³/mol. The minimum Gasteiger partial charge on any atom is -0.328 e. The monoisotopic (exact) mass is 179 g/mol. The summed E-state index contributed by atoms with van der Waals surface area (Å²) in [5.41, 5.74) is 5.63. The molecule has 0 saturated heterocycles. The molecule has 3 nitrogen and oxygen atoms in total. The Bertz CT molecular complexity index is 187. The molecule has 68 valence electrons. The first-order chi connectivity index (χ1) is 4.95. The largest absolute Gasteiger partial charge is 0.328 e. The number of hydrogen-bond acceptors (Lipinski definition) is 3. The molecule has 0 unspecified atom stereocenters. The molecule has 11 heavy (non-hydrogen) atoms. The molecule has 0 aromatic rings. The van der Waals surface area contributed by atoms with E-state index in [4.69, 9.17) is 5.73 Å². The number of nitrogens with two attached hydrogens (primary N) is 1. The quantitative estimate of drug-likeness (QED) is 0.670. The molecule has 0 heterocycles. The van der Waals surface area contributed by atoms with E-state index in [9.17, 15) is 8.42 Å². The van der Waals surface area contributed by atoms with Crippen LogP contribution in [-0.2, 0) is 9.84 Å². The van der Waals surface area contributed by atoms with Gasteiger partial charge < -0.3 is 5.73 Å². The first-order valence-electron chi connectivity index (χ1n) is 3.89. The Hall–Kier alpha value is -0.0900. The van der Waals surface area contributed by atoms with Gasteiger partial charge in [-0.1, -0.05) is 13.3 Å². The second-order valence-electron chi connectivity index (χ2n) is 2.97. The van der Waals surface area contributed by atoms with Crippen molar-refractivity contribution in [3.63, 3.8) is 0 Å². The molecule has 2 N–H and O–H groups in total. The Morgan fingerprint density at radius 2 is 1.91 bits per heavy atom. The van der Waals surface area contributed by atoms with Gasteiger partial charge in [-0.25, -0.2) is 8.42 Å². The molecule has 0 aromatic heterocycles. The van der Waals surface area contributed by atoms with Crippen molar-refractivity contribution in [3.8, 4) is 0 Å². The Balaban J connectivity index is 3.54. The summed E-state index contributed by atoms with van der Waals surface area (Å²) in [5.74, 6) is 0.216. The van der Waals surface area contributed by atoms with Gasteiger partial charge in [0.2, 0.25) is 0 Å². The van der Waals surface area contributed by atoms with Gasteiger partial charge in [-0.05, 0) is 12.8 Å². The van der Waals surface area contributed by atoms with Gasteiger partial charge in [0, 0.05) is 12.3 Å². The normalized spacial score (nSPS) is 14.8. The molecule has 0 amide bonds. The van der Waals surface area contributed by atoms with Gasteiger partial charge in [0.15, 0.2) is 0 Å². The fourth-order valence-corrected chi connectivity index (χ4v) is 1.61. The van der Waals surface area contributed by atoms with Crippen LogP contribution in [0.2, 0.25) is 0 Å². The summed E-state index contributed by atoms with van der Waals surface area (Å²) in [4.78, 5) is 0. The molecule has 0 radical (unpaired) electrons. The molecule has 0 saturated carbocycles. The van der Waals surface area contributed by atoms with Crippen LogP contribution >= 0.6 is 0 Å². The molecular formula is C7H17NO2S. The van der Waals surface area contributed by atoms with Crippen molar-refractivity contribution in [2.75, 3.05) is 12.0 Å². The van der Waals surface area contributed by atoms with Crippen molar-refractivity contribution in [2.45, 2.75) is 32.2 Å². The Morgan fingerprint density at radius 1 is 1.36 bits per heavy atom. The molecule has 0 aliphatic rings. The second kappa shape index (κ2) is 4.72. The molecule has 0 spiro atoms. The maximum Gasteiger partial charge on any atom is 0.147 e. The van der Waals surface area contributed by atoms with Gasteiger partial charge in [0.25, 0.3) is 0 Å².